The molecule has 1 unspecified atom stereocenters. The van der Waals surface area contributed by atoms with Crippen LogP contribution in [0.15, 0.2) is 36.7 Å². The average Bonchev–Trinajstić information content (AvgIpc) is 2.92. The maximum Gasteiger partial charge on any atom is 0.240 e. The van der Waals surface area contributed by atoms with Crippen LogP contribution in [-0.4, -0.2) is 15.5 Å². The van der Waals surface area contributed by atoms with Crippen molar-refractivity contribution in [2.45, 2.75) is 33.4 Å². The maximum atomic E-state index is 13.4. The van der Waals surface area contributed by atoms with Crippen molar-refractivity contribution < 1.29 is 13.6 Å². The lowest BCUT2D eigenvalue weighted by atomic mass is 10.0. The number of fused-ring (bicyclic) bond motifs is 1. The van der Waals surface area contributed by atoms with E-state index >= 15 is 0 Å². The molecule has 0 aliphatic heterocycles. The molecule has 0 radical (unpaired) electrons. The molecule has 3 rings (SSSR count). The third kappa shape index (κ3) is 3.52. The Morgan fingerprint density at radius 3 is 2.60 bits per heavy atom. The smallest absolute Gasteiger partial charge is 0.240 e. The highest BCUT2D eigenvalue weighted by Gasteiger charge is 2.14. The zero-order valence-corrected chi connectivity index (χ0v) is 14.3. The van der Waals surface area contributed by atoms with Gasteiger partial charge in [0.1, 0.15) is 6.54 Å². The number of imidazole rings is 1. The van der Waals surface area contributed by atoms with E-state index in [1.807, 2.05) is 39.0 Å². The van der Waals surface area contributed by atoms with Gasteiger partial charge >= 0.3 is 0 Å². The minimum Gasteiger partial charge on any atom is -0.348 e. The maximum absolute atomic E-state index is 13.4. The van der Waals surface area contributed by atoms with Crippen molar-refractivity contribution >= 4 is 16.9 Å². The first kappa shape index (κ1) is 17.1. The normalized spacial score (nSPS) is 12.4. The lowest BCUT2D eigenvalue weighted by Gasteiger charge is -2.16. The van der Waals surface area contributed by atoms with Gasteiger partial charge in [-0.25, -0.2) is 13.8 Å². The third-order valence-electron chi connectivity index (χ3n) is 4.39. The summed E-state index contributed by atoms with van der Waals surface area (Å²) < 4.78 is 28.2. The average molecular weight is 343 g/mol. The van der Waals surface area contributed by atoms with Crippen LogP contribution in [-0.2, 0) is 11.3 Å². The Hall–Kier alpha value is -2.76. The predicted molar refractivity (Wildman–Crippen MR) is 92.1 cm³/mol. The van der Waals surface area contributed by atoms with Gasteiger partial charge in [-0.2, -0.15) is 0 Å². The van der Waals surface area contributed by atoms with E-state index < -0.39 is 11.6 Å². The summed E-state index contributed by atoms with van der Waals surface area (Å²) in [5.74, 6) is -2.14. The highest BCUT2D eigenvalue weighted by atomic mass is 19.2. The SMILES string of the molecule is Cc1ccc(C(C)NC(=O)Cn2cnc3cc(F)c(F)cc32)cc1C. The standard InChI is InChI=1S/C19H19F2N3O/c1-11-4-5-14(6-12(11)2)13(3)23-19(25)9-24-10-22-17-7-15(20)16(21)8-18(17)24/h4-8,10,13H,9H2,1-3H3,(H,23,25). The molecule has 1 heterocycles. The van der Waals surface area contributed by atoms with E-state index in [0.29, 0.717) is 11.0 Å². The first-order chi connectivity index (χ1) is 11.8. The van der Waals surface area contributed by atoms with Crippen molar-refractivity contribution in [1.82, 2.24) is 14.9 Å². The predicted octanol–water partition coefficient (Wildman–Crippen LogP) is 3.81. The fourth-order valence-electron chi connectivity index (χ4n) is 2.74. The van der Waals surface area contributed by atoms with Crippen molar-refractivity contribution in [3.05, 3.63) is 65.0 Å². The minimum absolute atomic E-state index is 0.0171. The van der Waals surface area contributed by atoms with Crippen LogP contribution in [0.3, 0.4) is 0 Å². The van der Waals surface area contributed by atoms with Crippen LogP contribution in [0, 0.1) is 25.5 Å². The second-order valence-electron chi connectivity index (χ2n) is 6.26. The summed E-state index contributed by atoms with van der Waals surface area (Å²) in [7, 11) is 0. The summed E-state index contributed by atoms with van der Waals surface area (Å²) in [6.45, 7) is 5.95. The fraction of sp³-hybridized carbons (Fsp3) is 0.263. The topological polar surface area (TPSA) is 46.9 Å². The van der Waals surface area contributed by atoms with Crippen molar-refractivity contribution in [3.63, 3.8) is 0 Å². The van der Waals surface area contributed by atoms with Crippen LogP contribution in [0.2, 0.25) is 0 Å². The number of benzene rings is 2. The number of amides is 1. The van der Waals surface area contributed by atoms with E-state index in [9.17, 15) is 13.6 Å². The van der Waals surface area contributed by atoms with E-state index in [2.05, 4.69) is 10.3 Å². The summed E-state index contributed by atoms with van der Waals surface area (Å²) in [5, 5.41) is 2.92. The van der Waals surface area contributed by atoms with E-state index in [1.54, 1.807) is 0 Å². The molecule has 1 amide bonds. The number of aromatic nitrogens is 2. The van der Waals surface area contributed by atoms with Gasteiger partial charge in [0.25, 0.3) is 0 Å². The number of carbonyl (C=O) groups is 1. The van der Waals surface area contributed by atoms with Gasteiger partial charge < -0.3 is 9.88 Å². The Balaban J connectivity index is 1.74. The second kappa shape index (κ2) is 6.63. The van der Waals surface area contributed by atoms with Crippen LogP contribution in [0.5, 0.6) is 0 Å². The van der Waals surface area contributed by atoms with E-state index in [4.69, 9.17) is 0 Å². The van der Waals surface area contributed by atoms with Gasteiger partial charge in [0.15, 0.2) is 11.6 Å². The first-order valence-corrected chi connectivity index (χ1v) is 8.01. The molecule has 25 heavy (non-hydrogen) atoms. The van der Waals surface area contributed by atoms with Crippen LogP contribution in [0.1, 0.15) is 29.7 Å². The molecule has 0 saturated carbocycles. The monoisotopic (exact) mass is 343 g/mol. The molecular formula is C19H19F2N3O. The minimum atomic E-state index is -0.960. The highest BCUT2D eigenvalue weighted by Crippen LogP contribution is 2.19. The number of hydrogen-bond donors (Lipinski definition) is 1. The Morgan fingerprint density at radius 1 is 1.16 bits per heavy atom. The lowest BCUT2D eigenvalue weighted by molar-refractivity contribution is -0.122. The van der Waals surface area contributed by atoms with Crippen molar-refractivity contribution in [1.29, 1.82) is 0 Å². The molecule has 2 aromatic carbocycles. The molecule has 1 atom stereocenters. The lowest BCUT2D eigenvalue weighted by Crippen LogP contribution is -2.30. The Kier molecular flexibility index (Phi) is 4.53. The van der Waals surface area contributed by atoms with Gasteiger partial charge in [0.05, 0.1) is 23.4 Å². The molecule has 0 fully saturated rings. The number of nitrogens with zero attached hydrogens (tertiary/aromatic N) is 2. The van der Waals surface area contributed by atoms with Gasteiger partial charge in [0.2, 0.25) is 5.91 Å². The summed E-state index contributed by atoms with van der Waals surface area (Å²) in [5.41, 5.74) is 4.07. The summed E-state index contributed by atoms with van der Waals surface area (Å²) in [6.07, 6.45) is 1.41. The summed E-state index contributed by atoms with van der Waals surface area (Å²) in [6, 6.07) is 7.97. The number of carbonyl (C=O) groups excluding carboxylic acids is 1. The zero-order valence-electron chi connectivity index (χ0n) is 14.3. The third-order valence-corrected chi connectivity index (χ3v) is 4.39. The molecule has 1 N–H and O–H groups in total. The Morgan fingerprint density at radius 2 is 1.88 bits per heavy atom. The molecule has 4 nitrogen and oxygen atoms in total. The molecule has 0 bridgehead atoms. The van der Waals surface area contributed by atoms with Crippen LogP contribution in [0.25, 0.3) is 11.0 Å². The quantitative estimate of drug-likeness (QED) is 0.783. The largest absolute Gasteiger partial charge is 0.348 e. The highest BCUT2D eigenvalue weighted by molar-refractivity contribution is 5.80. The van der Waals surface area contributed by atoms with E-state index in [-0.39, 0.29) is 18.5 Å². The van der Waals surface area contributed by atoms with Gasteiger partial charge in [-0.1, -0.05) is 18.2 Å². The van der Waals surface area contributed by atoms with Gasteiger partial charge in [-0.05, 0) is 37.5 Å². The Labute approximate surface area is 144 Å². The molecule has 130 valence electrons. The van der Waals surface area contributed by atoms with Gasteiger partial charge in [-0.3, -0.25) is 4.79 Å². The molecule has 3 aromatic rings. The van der Waals surface area contributed by atoms with Gasteiger partial charge in [0, 0.05) is 12.1 Å². The van der Waals surface area contributed by atoms with Crippen molar-refractivity contribution in [2.24, 2.45) is 0 Å². The van der Waals surface area contributed by atoms with Crippen LogP contribution >= 0.6 is 0 Å². The first-order valence-electron chi connectivity index (χ1n) is 8.01. The number of halogens is 2. The molecule has 0 aliphatic carbocycles. The van der Waals surface area contributed by atoms with E-state index in [0.717, 1.165) is 23.3 Å². The molecule has 6 heteroatoms. The Bertz CT molecular complexity index is 949. The molecular weight excluding hydrogens is 324 g/mol. The molecule has 1 aromatic heterocycles. The molecule has 0 aliphatic rings. The van der Waals surface area contributed by atoms with Crippen molar-refractivity contribution in [3.8, 4) is 0 Å². The number of aryl methyl sites for hydroxylation is 2. The number of hydrogen-bond acceptors (Lipinski definition) is 2. The van der Waals surface area contributed by atoms with Crippen LogP contribution in [0.4, 0.5) is 8.78 Å². The van der Waals surface area contributed by atoms with Gasteiger partial charge in [-0.15, -0.1) is 0 Å². The van der Waals surface area contributed by atoms with Crippen molar-refractivity contribution in [2.75, 3.05) is 0 Å². The second-order valence-corrected chi connectivity index (χ2v) is 6.26. The zero-order chi connectivity index (χ0) is 18.1. The summed E-state index contributed by atoms with van der Waals surface area (Å²) in [4.78, 5) is 16.3. The van der Waals surface area contributed by atoms with E-state index in [1.165, 1.54) is 16.5 Å². The number of rotatable bonds is 4. The van der Waals surface area contributed by atoms with Crippen LogP contribution < -0.4 is 5.32 Å². The molecule has 0 spiro atoms. The summed E-state index contributed by atoms with van der Waals surface area (Å²) >= 11 is 0. The fourth-order valence-corrected chi connectivity index (χ4v) is 2.74. The molecule has 0 saturated heterocycles. The number of nitrogens with one attached hydrogen (secondary N) is 1.